The summed E-state index contributed by atoms with van der Waals surface area (Å²) in [6, 6.07) is 1.30. The Morgan fingerprint density at radius 2 is 2.17 bits per heavy atom. The molecule has 1 aliphatic rings. The number of amides is 1. The Morgan fingerprint density at radius 1 is 1.39 bits per heavy atom. The third-order valence-corrected chi connectivity index (χ3v) is 4.01. The summed E-state index contributed by atoms with van der Waals surface area (Å²) >= 11 is 0. The van der Waals surface area contributed by atoms with E-state index >= 15 is 0 Å². The minimum atomic E-state index is -0.324. The van der Waals surface area contributed by atoms with Gasteiger partial charge in [-0.1, -0.05) is 19.0 Å². The van der Waals surface area contributed by atoms with Gasteiger partial charge in [0.05, 0.1) is 0 Å². The van der Waals surface area contributed by atoms with Crippen molar-refractivity contribution in [2.45, 2.75) is 38.6 Å². The van der Waals surface area contributed by atoms with Crippen molar-refractivity contribution in [3.8, 4) is 0 Å². The molecule has 8 heteroatoms. The Morgan fingerprint density at radius 3 is 2.78 bits per heavy atom. The van der Waals surface area contributed by atoms with Gasteiger partial charge in [-0.2, -0.15) is 10.1 Å². The second-order valence-corrected chi connectivity index (χ2v) is 6.02. The number of aromatic amines is 1. The molecule has 1 amide bonds. The summed E-state index contributed by atoms with van der Waals surface area (Å²) in [6.45, 7) is 5.35. The number of carbonyl (C=O) groups excluding carboxylic acids is 1. The molecule has 0 bridgehead atoms. The second kappa shape index (κ2) is 6.91. The molecule has 1 aliphatic heterocycles. The zero-order valence-corrected chi connectivity index (χ0v) is 13.3. The van der Waals surface area contributed by atoms with Crippen LogP contribution in [-0.4, -0.2) is 39.5 Å². The van der Waals surface area contributed by atoms with E-state index in [2.05, 4.69) is 25.7 Å². The van der Waals surface area contributed by atoms with Crippen LogP contribution in [0.1, 0.15) is 60.9 Å². The summed E-state index contributed by atoms with van der Waals surface area (Å²) in [5, 5.41) is 13.5. The lowest BCUT2D eigenvalue weighted by molar-refractivity contribution is 0.0467. The van der Waals surface area contributed by atoms with Gasteiger partial charge in [-0.3, -0.25) is 9.89 Å². The fraction of sp³-hybridized carbons (Fsp3) is 0.600. The molecule has 2 N–H and O–H groups in total. The van der Waals surface area contributed by atoms with Gasteiger partial charge in [0, 0.05) is 25.3 Å². The molecule has 1 saturated heterocycles. The van der Waals surface area contributed by atoms with Gasteiger partial charge in [-0.25, -0.2) is 0 Å². The maximum Gasteiger partial charge on any atom is 0.269 e. The van der Waals surface area contributed by atoms with Gasteiger partial charge >= 0.3 is 0 Å². The van der Waals surface area contributed by atoms with Crippen molar-refractivity contribution < 1.29 is 14.1 Å². The first-order valence-electron chi connectivity index (χ1n) is 7.86. The molecule has 0 unspecified atom stereocenters. The van der Waals surface area contributed by atoms with Crippen molar-refractivity contribution in [2.75, 3.05) is 13.2 Å². The van der Waals surface area contributed by atoms with Crippen LogP contribution < -0.4 is 5.32 Å². The van der Waals surface area contributed by atoms with E-state index in [-0.39, 0.29) is 23.8 Å². The lowest BCUT2D eigenvalue weighted by Crippen LogP contribution is -2.36. The van der Waals surface area contributed by atoms with Crippen molar-refractivity contribution in [1.29, 1.82) is 0 Å². The Balaban J connectivity index is 1.81. The molecule has 1 atom stereocenters. The van der Waals surface area contributed by atoms with E-state index in [4.69, 9.17) is 9.26 Å². The van der Waals surface area contributed by atoms with Crippen molar-refractivity contribution in [1.82, 2.24) is 25.7 Å². The molecule has 0 spiro atoms. The lowest BCUT2D eigenvalue weighted by atomic mass is 9.91. The van der Waals surface area contributed by atoms with Crippen molar-refractivity contribution in [3.05, 3.63) is 29.7 Å². The highest BCUT2D eigenvalue weighted by Gasteiger charge is 2.32. The molecule has 23 heavy (non-hydrogen) atoms. The maximum atomic E-state index is 12.4. The molecule has 2 aromatic rings. The van der Waals surface area contributed by atoms with Crippen LogP contribution >= 0.6 is 0 Å². The molecule has 2 aromatic heterocycles. The van der Waals surface area contributed by atoms with Gasteiger partial charge in [0.1, 0.15) is 11.7 Å². The maximum absolute atomic E-state index is 12.4. The highest BCUT2D eigenvalue weighted by Crippen LogP contribution is 2.30. The van der Waals surface area contributed by atoms with Gasteiger partial charge in [-0.15, -0.1) is 0 Å². The van der Waals surface area contributed by atoms with E-state index in [1.165, 1.54) is 0 Å². The smallest absolute Gasteiger partial charge is 0.269 e. The number of H-pyrrole nitrogens is 1. The molecule has 3 heterocycles. The van der Waals surface area contributed by atoms with E-state index in [0.29, 0.717) is 30.6 Å². The van der Waals surface area contributed by atoms with E-state index in [1.807, 2.05) is 13.8 Å². The van der Waals surface area contributed by atoms with Crippen molar-refractivity contribution in [3.63, 3.8) is 0 Å². The van der Waals surface area contributed by atoms with E-state index in [9.17, 15) is 4.79 Å². The zero-order valence-electron chi connectivity index (χ0n) is 13.3. The number of ether oxygens (including phenoxy) is 1. The molecule has 3 rings (SSSR count). The van der Waals surface area contributed by atoms with E-state index in [1.54, 1.807) is 12.3 Å². The summed E-state index contributed by atoms with van der Waals surface area (Å²) < 4.78 is 10.8. The van der Waals surface area contributed by atoms with E-state index < -0.39 is 0 Å². The first kappa shape index (κ1) is 15.7. The normalized spacial score (nSPS) is 17.3. The molecule has 0 saturated carbocycles. The second-order valence-electron chi connectivity index (χ2n) is 6.02. The van der Waals surface area contributed by atoms with Crippen LogP contribution in [-0.2, 0) is 4.74 Å². The summed E-state index contributed by atoms with van der Waals surface area (Å²) in [5.74, 6) is 1.24. The van der Waals surface area contributed by atoms with Gasteiger partial charge in [0.25, 0.3) is 5.91 Å². The summed E-state index contributed by atoms with van der Waals surface area (Å²) in [5.41, 5.74) is 0.408. The number of hydrogen-bond donors (Lipinski definition) is 2. The predicted octanol–water partition coefficient (Wildman–Crippen LogP) is 1.81. The van der Waals surface area contributed by atoms with Gasteiger partial charge in [0.15, 0.2) is 5.82 Å². The number of hydrogen-bond acceptors (Lipinski definition) is 6. The standard InChI is InChI=1S/C15H21N5O3/c1-9(2)13-18-15(23-20-13)12(10-4-7-22-8-5-10)17-14(21)11-3-6-16-19-11/h3,6,9-10,12H,4-5,7-8H2,1-2H3,(H,16,19)(H,17,21)/t12-/m0/s1. The molecule has 1 fully saturated rings. The minimum Gasteiger partial charge on any atom is -0.381 e. The highest BCUT2D eigenvalue weighted by molar-refractivity contribution is 5.92. The molecule has 0 aromatic carbocycles. The summed E-state index contributed by atoms with van der Waals surface area (Å²) in [6.07, 6.45) is 3.22. The summed E-state index contributed by atoms with van der Waals surface area (Å²) in [7, 11) is 0. The predicted molar refractivity (Wildman–Crippen MR) is 80.7 cm³/mol. The first-order valence-corrected chi connectivity index (χ1v) is 7.86. The molecular formula is C15H21N5O3. The number of nitrogens with one attached hydrogen (secondary N) is 2. The number of nitrogens with zero attached hydrogens (tertiary/aromatic N) is 3. The molecule has 124 valence electrons. The topological polar surface area (TPSA) is 106 Å². The highest BCUT2D eigenvalue weighted by atomic mass is 16.5. The Kier molecular flexibility index (Phi) is 4.71. The van der Waals surface area contributed by atoms with Crippen molar-refractivity contribution >= 4 is 5.91 Å². The number of aromatic nitrogens is 4. The average molecular weight is 319 g/mol. The van der Waals surface area contributed by atoms with Crippen LogP contribution in [0.3, 0.4) is 0 Å². The summed E-state index contributed by atoms with van der Waals surface area (Å²) in [4.78, 5) is 16.8. The Bertz CT molecular complexity index is 631. The first-order chi connectivity index (χ1) is 11.1. The third-order valence-electron chi connectivity index (χ3n) is 4.01. The van der Waals surface area contributed by atoms with Crippen LogP contribution in [0.25, 0.3) is 0 Å². The number of rotatable bonds is 5. The zero-order chi connectivity index (χ0) is 16.2. The fourth-order valence-electron chi connectivity index (χ4n) is 2.64. The minimum absolute atomic E-state index is 0.172. The fourth-order valence-corrected chi connectivity index (χ4v) is 2.64. The van der Waals surface area contributed by atoms with Crippen LogP contribution in [0.2, 0.25) is 0 Å². The van der Waals surface area contributed by atoms with Crippen LogP contribution in [0.4, 0.5) is 0 Å². The van der Waals surface area contributed by atoms with Gasteiger partial charge in [0.2, 0.25) is 5.89 Å². The largest absolute Gasteiger partial charge is 0.381 e. The van der Waals surface area contributed by atoms with Crippen LogP contribution in [0.15, 0.2) is 16.8 Å². The lowest BCUT2D eigenvalue weighted by Gasteiger charge is -2.28. The molecular weight excluding hydrogens is 298 g/mol. The molecule has 0 aliphatic carbocycles. The molecule has 0 radical (unpaired) electrons. The third kappa shape index (κ3) is 3.58. The van der Waals surface area contributed by atoms with E-state index in [0.717, 1.165) is 12.8 Å². The Hall–Kier alpha value is -2.22. The monoisotopic (exact) mass is 319 g/mol. The number of carbonyl (C=O) groups is 1. The molecule has 8 nitrogen and oxygen atoms in total. The quantitative estimate of drug-likeness (QED) is 0.870. The van der Waals surface area contributed by atoms with Crippen LogP contribution in [0.5, 0.6) is 0 Å². The van der Waals surface area contributed by atoms with Crippen molar-refractivity contribution in [2.24, 2.45) is 5.92 Å². The SMILES string of the molecule is CC(C)c1noc([C@@H](NC(=O)c2ccn[nH]2)C2CCOCC2)n1. The average Bonchev–Trinajstić information content (AvgIpc) is 3.24. The van der Waals surface area contributed by atoms with Crippen LogP contribution in [0, 0.1) is 5.92 Å². The van der Waals surface area contributed by atoms with Gasteiger partial charge in [-0.05, 0) is 24.8 Å². The van der Waals surface area contributed by atoms with Gasteiger partial charge < -0.3 is 14.6 Å². The Labute approximate surface area is 134 Å².